The zero-order chi connectivity index (χ0) is 15.9. The van der Waals surface area contributed by atoms with E-state index in [0.29, 0.717) is 6.42 Å². The summed E-state index contributed by atoms with van der Waals surface area (Å²) in [6.45, 7) is 13.4. The molecule has 3 N–H and O–H groups in total. The summed E-state index contributed by atoms with van der Waals surface area (Å²) < 4.78 is 0. The first-order valence-electron chi connectivity index (χ1n) is 6.78. The molecule has 1 unspecified atom stereocenters. The Bertz CT molecular complexity index is 410. The van der Waals surface area contributed by atoms with Crippen LogP contribution in [-0.2, 0) is 4.79 Å². The van der Waals surface area contributed by atoms with Gasteiger partial charge in [-0.05, 0) is 30.8 Å². The number of carbonyl (C=O) groups excluding carboxylic acids is 1. The Morgan fingerprint density at radius 3 is 2.30 bits per heavy atom. The van der Waals surface area contributed by atoms with Gasteiger partial charge in [0.05, 0.1) is 11.5 Å². The van der Waals surface area contributed by atoms with Crippen LogP contribution >= 0.6 is 0 Å². The van der Waals surface area contributed by atoms with Crippen molar-refractivity contribution in [3.63, 3.8) is 0 Å². The topological polar surface area (TPSA) is 69.6 Å². The molecule has 114 valence electrons. The van der Waals surface area contributed by atoms with E-state index in [-0.39, 0.29) is 34.5 Å². The lowest BCUT2D eigenvalue weighted by atomic mass is 9.84. The summed E-state index contributed by atoms with van der Waals surface area (Å²) in [5, 5.41) is 21.4. The lowest BCUT2D eigenvalue weighted by Gasteiger charge is -2.22. The summed E-state index contributed by atoms with van der Waals surface area (Å²) in [5.74, 6) is -0.181. The molecule has 0 aromatic carbocycles. The minimum absolute atomic E-state index is 0.0443. The van der Waals surface area contributed by atoms with Crippen LogP contribution in [0.5, 0.6) is 0 Å². The highest BCUT2D eigenvalue weighted by molar-refractivity contribution is 5.78. The molecule has 0 rings (SSSR count). The number of rotatable bonds is 6. The van der Waals surface area contributed by atoms with Crippen LogP contribution in [0.2, 0.25) is 0 Å². The fourth-order valence-corrected chi connectivity index (χ4v) is 2.13. The van der Waals surface area contributed by atoms with Crippen LogP contribution in [0, 0.1) is 11.3 Å². The number of allylic oxidation sites excluding steroid dienone is 3. The molecule has 0 aromatic rings. The van der Waals surface area contributed by atoms with Gasteiger partial charge in [-0.3, -0.25) is 4.79 Å². The van der Waals surface area contributed by atoms with Gasteiger partial charge in [-0.15, -0.1) is 0 Å². The van der Waals surface area contributed by atoms with Gasteiger partial charge in [0.25, 0.3) is 0 Å². The standard InChI is InChI=1S/C16H27NO3/c1-7-13(14(19)9-12(3)18)17-15(20)8-11(2)10-16(4,5)6/h7,9,11,18-19H,1,8,10H2,2-6H3,(H,17,20)/b12-9+,14-13-. The molecule has 1 amide bonds. The molecule has 4 heteroatoms. The zero-order valence-corrected chi connectivity index (χ0v) is 13.2. The van der Waals surface area contributed by atoms with Crippen LogP contribution in [0.25, 0.3) is 0 Å². The van der Waals surface area contributed by atoms with E-state index >= 15 is 0 Å². The van der Waals surface area contributed by atoms with Gasteiger partial charge in [0.2, 0.25) is 5.91 Å². The predicted octanol–water partition coefficient (Wildman–Crippen LogP) is 3.98. The number of carbonyl (C=O) groups is 1. The number of aliphatic hydroxyl groups excluding tert-OH is 2. The van der Waals surface area contributed by atoms with E-state index < -0.39 is 0 Å². The molecular weight excluding hydrogens is 254 g/mol. The molecule has 0 aliphatic carbocycles. The third-order valence-corrected chi connectivity index (χ3v) is 2.59. The number of amides is 1. The minimum atomic E-state index is -0.211. The van der Waals surface area contributed by atoms with Crippen molar-refractivity contribution in [2.45, 2.75) is 47.5 Å². The predicted molar refractivity (Wildman–Crippen MR) is 82.2 cm³/mol. The van der Waals surface area contributed by atoms with Crippen molar-refractivity contribution in [1.82, 2.24) is 5.32 Å². The summed E-state index contributed by atoms with van der Waals surface area (Å²) >= 11 is 0. The van der Waals surface area contributed by atoms with Crippen LogP contribution in [0.1, 0.15) is 47.5 Å². The monoisotopic (exact) mass is 281 g/mol. The molecule has 0 heterocycles. The summed E-state index contributed by atoms with van der Waals surface area (Å²) in [6, 6.07) is 0. The van der Waals surface area contributed by atoms with E-state index in [2.05, 4.69) is 32.7 Å². The largest absolute Gasteiger partial charge is 0.512 e. The van der Waals surface area contributed by atoms with Gasteiger partial charge in [0.1, 0.15) is 5.76 Å². The Hall–Kier alpha value is -1.71. The molecule has 0 aromatic heterocycles. The molecule has 4 nitrogen and oxygen atoms in total. The number of hydrogen-bond acceptors (Lipinski definition) is 3. The summed E-state index contributed by atoms with van der Waals surface area (Å²) in [6.07, 6.45) is 3.83. The van der Waals surface area contributed by atoms with E-state index in [1.54, 1.807) is 0 Å². The van der Waals surface area contributed by atoms with Gasteiger partial charge < -0.3 is 15.5 Å². The van der Waals surface area contributed by atoms with Crippen molar-refractivity contribution in [3.8, 4) is 0 Å². The highest BCUT2D eigenvalue weighted by Crippen LogP contribution is 2.25. The van der Waals surface area contributed by atoms with Crippen LogP contribution < -0.4 is 5.32 Å². The van der Waals surface area contributed by atoms with E-state index in [0.717, 1.165) is 12.5 Å². The zero-order valence-electron chi connectivity index (χ0n) is 13.2. The summed E-state index contributed by atoms with van der Waals surface area (Å²) in [4.78, 5) is 11.9. The Kier molecular flexibility index (Phi) is 7.11. The Morgan fingerprint density at radius 2 is 1.90 bits per heavy atom. The van der Waals surface area contributed by atoms with E-state index in [9.17, 15) is 9.90 Å². The van der Waals surface area contributed by atoms with Crippen LogP contribution in [0.15, 0.2) is 35.9 Å². The van der Waals surface area contributed by atoms with E-state index in [1.807, 2.05) is 6.92 Å². The first kappa shape index (κ1) is 18.3. The average Bonchev–Trinajstić information content (AvgIpc) is 2.21. The highest BCUT2D eigenvalue weighted by Gasteiger charge is 2.18. The third-order valence-electron chi connectivity index (χ3n) is 2.59. The molecule has 0 aliphatic heterocycles. The molecule has 0 saturated heterocycles. The Labute approximate surface area is 121 Å². The highest BCUT2D eigenvalue weighted by atomic mass is 16.3. The molecule has 0 radical (unpaired) electrons. The average molecular weight is 281 g/mol. The van der Waals surface area contributed by atoms with Gasteiger partial charge >= 0.3 is 0 Å². The second-order valence-corrected chi connectivity index (χ2v) is 6.41. The van der Waals surface area contributed by atoms with Gasteiger partial charge in [-0.2, -0.15) is 0 Å². The number of aliphatic hydroxyl groups is 2. The molecule has 0 aliphatic rings. The second kappa shape index (κ2) is 7.78. The van der Waals surface area contributed by atoms with Gasteiger partial charge in [0, 0.05) is 12.5 Å². The normalized spacial score (nSPS) is 15.3. The maximum absolute atomic E-state index is 11.9. The van der Waals surface area contributed by atoms with Gasteiger partial charge in [-0.1, -0.05) is 34.3 Å². The molecule has 1 atom stereocenters. The summed E-state index contributed by atoms with van der Waals surface area (Å²) in [7, 11) is 0. The molecular formula is C16H27NO3. The van der Waals surface area contributed by atoms with Crippen molar-refractivity contribution < 1.29 is 15.0 Å². The molecule has 0 bridgehead atoms. The van der Waals surface area contributed by atoms with Crippen LogP contribution in [-0.4, -0.2) is 16.1 Å². The van der Waals surface area contributed by atoms with Crippen LogP contribution in [0.4, 0.5) is 0 Å². The van der Waals surface area contributed by atoms with E-state index in [1.165, 1.54) is 13.0 Å². The Balaban J connectivity index is 4.66. The number of hydrogen-bond donors (Lipinski definition) is 3. The fourth-order valence-electron chi connectivity index (χ4n) is 2.13. The maximum atomic E-state index is 11.9. The second-order valence-electron chi connectivity index (χ2n) is 6.41. The molecule has 0 spiro atoms. The van der Waals surface area contributed by atoms with Crippen molar-refractivity contribution in [2.24, 2.45) is 11.3 Å². The smallest absolute Gasteiger partial charge is 0.224 e. The maximum Gasteiger partial charge on any atom is 0.224 e. The lowest BCUT2D eigenvalue weighted by Crippen LogP contribution is -2.26. The Morgan fingerprint density at radius 1 is 1.35 bits per heavy atom. The molecule has 0 fully saturated rings. The summed E-state index contributed by atoms with van der Waals surface area (Å²) in [5.41, 5.74) is 0.377. The number of nitrogens with one attached hydrogen (secondary N) is 1. The first-order chi connectivity index (χ1) is 9.05. The third kappa shape index (κ3) is 8.40. The molecule has 20 heavy (non-hydrogen) atoms. The van der Waals surface area contributed by atoms with Crippen molar-refractivity contribution in [1.29, 1.82) is 0 Å². The quantitative estimate of drug-likeness (QED) is 0.509. The van der Waals surface area contributed by atoms with Gasteiger partial charge in [-0.25, -0.2) is 0 Å². The first-order valence-corrected chi connectivity index (χ1v) is 6.78. The SMILES string of the molecule is C=C/C(NC(=O)CC(C)CC(C)(C)C)=C(O)\C=C(/C)O. The fraction of sp³-hybridized carbons (Fsp3) is 0.562. The molecule has 0 saturated carbocycles. The van der Waals surface area contributed by atoms with Crippen molar-refractivity contribution in [2.75, 3.05) is 0 Å². The van der Waals surface area contributed by atoms with Gasteiger partial charge in [0.15, 0.2) is 0 Å². The van der Waals surface area contributed by atoms with E-state index in [4.69, 9.17) is 5.11 Å². The minimum Gasteiger partial charge on any atom is -0.512 e. The lowest BCUT2D eigenvalue weighted by molar-refractivity contribution is -0.121. The van der Waals surface area contributed by atoms with Crippen LogP contribution in [0.3, 0.4) is 0 Å². The van der Waals surface area contributed by atoms with Crippen molar-refractivity contribution in [3.05, 3.63) is 35.9 Å². The van der Waals surface area contributed by atoms with Crippen molar-refractivity contribution >= 4 is 5.91 Å².